The lowest BCUT2D eigenvalue weighted by Gasteiger charge is -2.18. The van der Waals surface area contributed by atoms with Crippen molar-refractivity contribution in [3.05, 3.63) is 102 Å². The number of guanidine groups is 1. The zero-order valence-corrected chi connectivity index (χ0v) is 17.4. The minimum atomic E-state index is -0.619. The predicted octanol–water partition coefficient (Wildman–Crippen LogP) is 3.70. The number of aromatic nitrogens is 1. The Morgan fingerprint density at radius 1 is 0.900 bits per heavy atom. The van der Waals surface area contributed by atoms with Crippen LogP contribution in [-0.4, -0.2) is 35.7 Å². The first-order valence-electron chi connectivity index (χ1n) is 10.4. The Bertz CT molecular complexity index is 885. The van der Waals surface area contributed by atoms with E-state index in [0.717, 1.165) is 18.5 Å². The van der Waals surface area contributed by atoms with Crippen molar-refractivity contribution in [3.8, 4) is 0 Å². The summed E-state index contributed by atoms with van der Waals surface area (Å²) in [5.74, 6) is 0.980. The topological polar surface area (TPSA) is 69.5 Å². The van der Waals surface area contributed by atoms with E-state index in [-0.39, 0.29) is 5.92 Å². The van der Waals surface area contributed by atoms with Gasteiger partial charge in [-0.15, -0.1) is 0 Å². The Morgan fingerprint density at radius 2 is 1.57 bits per heavy atom. The lowest BCUT2D eigenvalue weighted by atomic mass is 9.92. The van der Waals surface area contributed by atoms with Gasteiger partial charge in [0.05, 0.1) is 6.10 Å². The Balaban J connectivity index is 1.68. The summed E-state index contributed by atoms with van der Waals surface area (Å²) in [6.45, 7) is 3.82. The van der Waals surface area contributed by atoms with E-state index in [4.69, 9.17) is 4.99 Å². The van der Waals surface area contributed by atoms with Crippen molar-refractivity contribution in [2.75, 3.05) is 19.6 Å². The minimum Gasteiger partial charge on any atom is -0.387 e. The number of pyridine rings is 1. The number of aliphatic hydroxyl groups is 1. The van der Waals surface area contributed by atoms with Gasteiger partial charge in [0.2, 0.25) is 0 Å². The van der Waals surface area contributed by atoms with E-state index >= 15 is 0 Å². The third kappa shape index (κ3) is 6.71. The molecule has 0 bridgehead atoms. The Hall–Kier alpha value is -3.18. The standard InChI is InChI=1S/C25H30N4O/c1-2-27-25(29-19-24(30)22-13-15-26-16-14-22)28-18-23(21-11-7-4-8-12-21)17-20-9-5-3-6-10-20/h3-16,23-24,30H,2,17-19H2,1H3,(H2,27,28,29). The highest BCUT2D eigenvalue weighted by atomic mass is 16.3. The smallest absolute Gasteiger partial charge is 0.191 e. The number of hydrogen-bond acceptors (Lipinski definition) is 3. The number of benzene rings is 2. The molecule has 0 aliphatic rings. The average molecular weight is 403 g/mol. The number of rotatable bonds is 9. The normalized spacial score (nSPS) is 13.5. The zero-order chi connectivity index (χ0) is 21.0. The Labute approximate surface area is 178 Å². The molecular formula is C25H30N4O. The second kappa shape index (κ2) is 11.7. The molecule has 3 aromatic rings. The van der Waals surface area contributed by atoms with Gasteiger partial charge >= 0.3 is 0 Å². The van der Waals surface area contributed by atoms with Gasteiger partial charge in [-0.1, -0.05) is 60.7 Å². The van der Waals surface area contributed by atoms with Crippen molar-refractivity contribution in [2.24, 2.45) is 4.99 Å². The maximum Gasteiger partial charge on any atom is 0.191 e. The maximum atomic E-state index is 10.4. The van der Waals surface area contributed by atoms with Crippen molar-refractivity contribution in [1.82, 2.24) is 15.6 Å². The number of aliphatic hydroxyl groups excluding tert-OH is 1. The van der Waals surface area contributed by atoms with Gasteiger partial charge in [-0.2, -0.15) is 0 Å². The van der Waals surface area contributed by atoms with Gasteiger partial charge in [-0.05, 0) is 42.2 Å². The van der Waals surface area contributed by atoms with Gasteiger partial charge in [0.15, 0.2) is 5.96 Å². The molecule has 156 valence electrons. The van der Waals surface area contributed by atoms with Crippen LogP contribution in [0.15, 0.2) is 90.2 Å². The van der Waals surface area contributed by atoms with E-state index < -0.39 is 6.10 Å². The Morgan fingerprint density at radius 3 is 2.23 bits per heavy atom. The van der Waals surface area contributed by atoms with Crippen LogP contribution in [0.3, 0.4) is 0 Å². The highest BCUT2D eigenvalue weighted by Gasteiger charge is 2.13. The lowest BCUT2D eigenvalue weighted by molar-refractivity contribution is 0.180. The third-order valence-corrected chi connectivity index (χ3v) is 4.96. The molecule has 2 atom stereocenters. The first-order chi connectivity index (χ1) is 14.8. The van der Waals surface area contributed by atoms with Gasteiger partial charge in [0, 0.05) is 37.9 Å². The first-order valence-corrected chi connectivity index (χ1v) is 10.4. The number of nitrogens with zero attached hydrogens (tertiary/aromatic N) is 2. The molecule has 1 aromatic heterocycles. The van der Waals surface area contributed by atoms with Gasteiger partial charge < -0.3 is 15.7 Å². The van der Waals surface area contributed by atoms with Crippen LogP contribution in [0.25, 0.3) is 0 Å². The molecule has 1 heterocycles. The van der Waals surface area contributed by atoms with Crippen molar-refractivity contribution < 1.29 is 5.11 Å². The highest BCUT2D eigenvalue weighted by Crippen LogP contribution is 2.21. The van der Waals surface area contributed by atoms with Crippen LogP contribution in [0.2, 0.25) is 0 Å². The summed E-state index contributed by atoms with van der Waals surface area (Å²) in [4.78, 5) is 8.82. The minimum absolute atomic E-state index is 0.272. The van der Waals surface area contributed by atoms with Crippen molar-refractivity contribution in [3.63, 3.8) is 0 Å². The second-order valence-corrected chi connectivity index (χ2v) is 7.19. The number of aliphatic imine (C=N–C) groups is 1. The summed E-state index contributed by atoms with van der Waals surface area (Å²) in [6, 6.07) is 24.7. The fourth-order valence-corrected chi connectivity index (χ4v) is 3.35. The van der Waals surface area contributed by atoms with Crippen molar-refractivity contribution in [2.45, 2.75) is 25.4 Å². The monoisotopic (exact) mass is 402 g/mol. The fourth-order valence-electron chi connectivity index (χ4n) is 3.35. The lowest BCUT2D eigenvalue weighted by Crippen LogP contribution is -2.39. The van der Waals surface area contributed by atoms with E-state index in [9.17, 15) is 5.11 Å². The molecule has 0 fully saturated rings. The van der Waals surface area contributed by atoms with Crippen LogP contribution in [0.5, 0.6) is 0 Å². The molecule has 0 saturated carbocycles. The molecule has 0 aliphatic heterocycles. The molecule has 2 unspecified atom stereocenters. The number of nitrogens with one attached hydrogen (secondary N) is 2. The molecule has 2 aromatic carbocycles. The molecular weight excluding hydrogens is 372 g/mol. The van der Waals surface area contributed by atoms with Crippen molar-refractivity contribution in [1.29, 1.82) is 0 Å². The van der Waals surface area contributed by atoms with Crippen LogP contribution in [0.1, 0.15) is 35.6 Å². The average Bonchev–Trinajstić information content (AvgIpc) is 2.81. The number of hydrogen-bond donors (Lipinski definition) is 3. The summed E-state index contributed by atoms with van der Waals surface area (Å²) in [5.41, 5.74) is 3.41. The summed E-state index contributed by atoms with van der Waals surface area (Å²) in [5, 5.41) is 16.9. The molecule has 0 saturated heterocycles. The molecule has 0 amide bonds. The van der Waals surface area contributed by atoms with Gasteiger partial charge in [0.25, 0.3) is 0 Å². The van der Waals surface area contributed by atoms with Gasteiger partial charge in [-0.3, -0.25) is 9.98 Å². The van der Waals surface area contributed by atoms with Crippen LogP contribution in [-0.2, 0) is 6.42 Å². The van der Waals surface area contributed by atoms with E-state index in [2.05, 4.69) is 64.1 Å². The third-order valence-electron chi connectivity index (χ3n) is 4.96. The molecule has 0 radical (unpaired) electrons. The predicted molar refractivity (Wildman–Crippen MR) is 123 cm³/mol. The molecule has 5 nitrogen and oxygen atoms in total. The zero-order valence-electron chi connectivity index (χ0n) is 17.4. The summed E-state index contributed by atoms with van der Waals surface area (Å²) >= 11 is 0. The van der Waals surface area contributed by atoms with E-state index in [1.165, 1.54) is 11.1 Å². The first kappa shape index (κ1) is 21.5. The second-order valence-electron chi connectivity index (χ2n) is 7.19. The molecule has 5 heteroatoms. The van der Waals surface area contributed by atoms with E-state index in [1.54, 1.807) is 12.4 Å². The molecule has 30 heavy (non-hydrogen) atoms. The van der Waals surface area contributed by atoms with Crippen molar-refractivity contribution >= 4 is 5.96 Å². The maximum absolute atomic E-state index is 10.4. The largest absolute Gasteiger partial charge is 0.387 e. The molecule has 0 aliphatic carbocycles. The highest BCUT2D eigenvalue weighted by molar-refractivity contribution is 5.79. The van der Waals surface area contributed by atoms with E-state index in [1.807, 2.05) is 31.2 Å². The fraction of sp³-hybridized carbons (Fsp3) is 0.280. The van der Waals surface area contributed by atoms with Crippen LogP contribution in [0, 0.1) is 0 Å². The molecule has 0 spiro atoms. The van der Waals surface area contributed by atoms with Crippen LogP contribution in [0.4, 0.5) is 0 Å². The van der Waals surface area contributed by atoms with Gasteiger partial charge in [0.1, 0.15) is 0 Å². The SMILES string of the molecule is CCNC(=NCC(Cc1ccccc1)c1ccccc1)NCC(O)c1ccncc1. The summed E-state index contributed by atoms with van der Waals surface area (Å²) in [6.07, 6.45) is 3.68. The summed E-state index contributed by atoms with van der Waals surface area (Å²) < 4.78 is 0. The molecule has 3 N–H and O–H groups in total. The van der Waals surface area contributed by atoms with Crippen LogP contribution >= 0.6 is 0 Å². The summed E-state index contributed by atoms with van der Waals surface area (Å²) in [7, 11) is 0. The quantitative estimate of drug-likeness (QED) is 0.377. The Kier molecular flexibility index (Phi) is 8.42. The van der Waals surface area contributed by atoms with Crippen LogP contribution < -0.4 is 10.6 Å². The van der Waals surface area contributed by atoms with Gasteiger partial charge in [-0.25, -0.2) is 0 Å². The van der Waals surface area contributed by atoms with E-state index in [0.29, 0.717) is 19.0 Å². The molecule has 3 rings (SSSR count).